The van der Waals surface area contributed by atoms with Crippen molar-refractivity contribution in [2.75, 3.05) is 30.8 Å². The third kappa shape index (κ3) is 12.1. The summed E-state index contributed by atoms with van der Waals surface area (Å²) in [6.07, 6.45) is 5.33. The highest BCUT2D eigenvalue weighted by atomic mass is 32.2. The van der Waals surface area contributed by atoms with E-state index in [1.54, 1.807) is 24.3 Å². The number of phenols is 1. The monoisotopic (exact) mass is 707 g/mol. The molecule has 0 spiro atoms. The van der Waals surface area contributed by atoms with Crippen LogP contribution in [0.1, 0.15) is 68.2 Å². The first-order chi connectivity index (χ1) is 22.8. The molecular formula is C33H45N3O10S2. The van der Waals surface area contributed by atoms with Gasteiger partial charge in [-0.15, -0.1) is 0 Å². The summed E-state index contributed by atoms with van der Waals surface area (Å²) in [6, 6.07) is 15.8. The zero-order valence-corrected chi connectivity index (χ0v) is 28.6. The summed E-state index contributed by atoms with van der Waals surface area (Å²) >= 11 is 0. The Kier molecular flexibility index (Phi) is 15.3. The molecule has 0 aliphatic heterocycles. The fraction of sp³-hybridized carbons (Fsp3) is 0.424. The minimum atomic E-state index is -4.41. The number of primary sulfonamides is 1. The van der Waals surface area contributed by atoms with E-state index in [4.69, 9.17) is 14.7 Å². The van der Waals surface area contributed by atoms with Crippen molar-refractivity contribution in [2.24, 2.45) is 5.14 Å². The first-order valence-electron chi connectivity index (χ1n) is 15.7. The third-order valence-corrected chi connectivity index (χ3v) is 9.86. The molecule has 1 atom stereocenters. The maximum absolute atomic E-state index is 13.5. The van der Waals surface area contributed by atoms with E-state index in [1.165, 1.54) is 36.4 Å². The van der Waals surface area contributed by atoms with Crippen molar-refractivity contribution in [3.05, 3.63) is 83.4 Å². The number of unbranched alkanes of at least 4 members (excludes halogenated alkanes) is 4. The molecule has 6 N–H and O–H groups in total. The number of nitrogens with zero attached hydrogens (tertiary/aromatic N) is 1. The molecule has 264 valence electrons. The van der Waals surface area contributed by atoms with E-state index in [0.29, 0.717) is 41.8 Å². The molecule has 0 bridgehead atoms. The average Bonchev–Trinajstić information content (AvgIpc) is 3.05. The van der Waals surface area contributed by atoms with E-state index < -0.39 is 32.1 Å². The van der Waals surface area contributed by atoms with Crippen molar-refractivity contribution in [3.63, 3.8) is 0 Å². The van der Waals surface area contributed by atoms with Crippen molar-refractivity contribution >= 4 is 31.7 Å². The van der Waals surface area contributed by atoms with Crippen LogP contribution in [0.15, 0.2) is 76.5 Å². The summed E-state index contributed by atoms with van der Waals surface area (Å²) in [7, 11) is -8.54. The fourth-order valence-corrected chi connectivity index (χ4v) is 6.72. The fourth-order valence-electron chi connectivity index (χ4n) is 4.83. The number of ether oxygens (including phenoxy) is 1. The highest BCUT2D eigenvalue weighted by Crippen LogP contribution is 2.27. The lowest BCUT2D eigenvalue weighted by molar-refractivity contribution is -0.140. The number of aromatic hydroxyl groups is 1. The van der Waals surface area contributed by atoms with Crippen molar-refractivity contribution in [3.8, 4) is 5.75 Å². The first-order valence-corrected chi connectivity index (χ1v) is 18.7. The molecule has 15 heteroatoms. The molecule has 0 aliphatic rings. The van der Waals surface area contributed by atoms with Crippen LogP contribution in [0.25, 0.3) is 0 Å². The molecule has 13 nitrogen and oxygen atoms in total. The maximum Gasteiger partial charge on any atom is 0.330 e. The molecule has 0 aliphatic carbocycles. The van der Waals surface area contributed by atoms with Gasteiger partial charge in [0.2, 0.25) is 10.0 Å². The van der Waals surface area contributed by atoms with Crippen LogP contribution in [0.3, 0.4) is 0 Å². The molecule has 0 radical (unpaired) electrons. The molecule has 3 rings (SSSR count). The Bertz CT molecular complexity index is 1700. The minimum absolute atomic E-state index is 0.00568. The third-order valence-electron chi connectivity index (χ3n) is 7.38. The number of hydrogen-bond acceptors (Lipinski definition) is 11. The summed E-state index contributed by atoms with van der Waals surface area (Å²) < 4.78 is 56.7. The molecule has 0 fully saturated rings. The van der Waals surface area contributed by atoms with Crippen LogP contribution in [-0.4, -0.2) is 64.4 Å². The van der Waals surface area contributed by atoms with Gasteiger partial charge in [-0.1, -0.05) is 41.6 Å². The molecule has 0 unspecified atom stereocenters. The van der Waals surface area contributed by atoms with Crippen molar-refractivity contribution in [1.29, 1.82) is 0 Å². The lowest BCUT2D eigenvalue weighted by Gasteiger charge is -2.22. The van der Waals surface area contributed by atoms with Gasteiger partial charge in [0, 0.05) is 32.2 Å². The number of nitrogens with two attached hydrogens (primary N) is 1. The normalized spacial score (nSPS) is 12.5. The van der Waals surface area contributed by atoms with Crippen LogP contribution in [0.5, 0.6) is 5.75 Å². The van der Waals surface area contributed by atoms with Crippen LogP contribution in [-0.2, 0) is 47.4 Å². The smallest absolute Gasteiger partial charge is 0.330 e. The number of rotatable bonds is 21. The van der Waals surface area contributed by atoms with Gasteiger partial charge in [0.05, 0.1) is 28.2 Å². The summed E-state index contributed by atoms with van der Waals surface area (Å²) in [4.78, 5) is 16.3. The number of hydrogen-bond donors (Lipinski definition) is 5. The SMILES string of the molecule is CC(=O)ON(c1cccc(S(N)(=O)=O)c1)S(=O)(=O)c1cccc(CCCCOCCCCCCNC[C@@H](O)c2ccc(O)c(CO)c2)c1. The number of aliphatic hydroxyl groups excluding tert-OH is 2. The molecule has 3 aromatic rings. The van der Waals surface area contributed by atoms with Crippen molar-refractivity contribution < 1.29 is 46.5 Å². The van der Waals surface area contributed by atoms with Gasteiger partial charge in [0.1, 0.15) is 5.75 Å². The van der Waals surface area contributed by atoms with Crippen LogP contribution in [0, 0.1) is 0 Å². The molecule has 0 saturated heterocycles. The molecule has 3 aromatic carbocycles. The number of sulfonamides is 2. The molecule has 48 heavy (non-hydrogen) atoms. The number of anilines is 1. The predicted molar refractivity (Wildman–Crippen MR) is 180 cm³/mol. The zero-order chi connectivity index (χ0) is 35.2. The maximum atomic E-state index is 13.5. The molecule has 0 amide bonds. The van der Waals surface area contributed by atoms with Gasteiger partial charge in [-0.05, 0) is 92.2 Å². The van der Waals surface area contributed by atoms with E-state index in [1.807, 2.05) is 0 Å². The number of aliphatic hydroxyl groups is 2. The standard InChI is InChI=1S/C33H45N3O10S2/c1-25(38)46-36(29-12-9-13-30(22-29)47(34,41)42)48(43,44)31-14-8-11-26(20-31)10-4-7-19-45-18-6-3-2-5-17-35-23-33(40)27-15-16-32(39)28(21-27)24-37/h8-9,11-16,20-22,33,35,37,39-40H,2-7,10,17-19,23-24H2,1H3,(H2,34,41,42)/t33-/m1/s1. The molecule has 0 saturated carbocycles. The van der Waals surface area contributed by atoms with Crippen molar-refractivity contribution in [1.82, 2.24) is 5.32 Å². The first kappa shape index (κ1) is 38.9. The van der Waals surface area contributed by atoms with E-state index in [0.717, 1.165) is 63.6 Å². The Morgan fingerprint density at radius 3 is 2.29 bits per heavy atom. The largest absolute Gasteiger partial charge is 0.508 e. The van der Waals surface area contributed by atoms with Gasteiger partial charge < -0.3 is 30.2 Å². The Hall–Kier alpha value is -3.57. The van der Waals surface area contributed by atoms with Crippen LogP contribution >= 0.6 is 0 Å². The van der Waals surface area contributed by atoms with Crippen LogP contribution < -0.4 is 14.9 Å². The second kappa shape index (κ2) is 18.8. The number of nitrogens with one attached hydrogen (secondary N) is 1. The van der Waals surface area contributed by atoms with Crippen molar-refractivity contribution in [2.45, 2.75) is 74.4 Å². The van der Waals surface area contributed by atoms with Gasteiger partial charge >= 0.3 is 5.97 Å². The highest BCUT2D eigenvalue weighted by molar-refractivity contribution is 7.92. The second-order valence-corrected chi connectivity index (χ2v) is 14.6. The summed E-state index contributed by atoms with van der Waals surface area (Å²) in [5.41, 5.74) is 1.58. The Balaban J connectivity index is 1.35. The van der Waals surface area contributed by atoms with Gasteiger partial charge in [0.15, 0.2) is 0 Å². The average molecular weight is 708 g/mol. The number of benzene rings is 3. The zero-order valence-electron chi connectivity index (χ0n) is 27.0. The quantitative estimate of drug-likeness (QED) is 0.0801. The Morgan fingerprint density at radius 2 is 1.58 bits per heavy atom. The lowest BCUT2D eigenvalue weighted by Crippen LogP contribution is -2.33. The van der Waals surface area contributed by atoms with E-state index in [9.17, 15) is 36.9 Å². The van der Waals surface area contributed by atoms with Gasteiger partial charge in [0.25, 0.3) is 10.0 Å². The predicted octanol–water partition coefficient (Wildman–Crippen LogP) is 3.43. The second-order valence-electron chi connectivity index (χ2n) is 11.3. The highest BCUT2D eigenvalue weighted by Gasteiger charge is 2.29. The topological polar surface area (TPSA) is 206 Å². The molecular weight excluding hydrogens is 663 g/mol. The van der Waals surface area contributed by atoms with Crippen LogP contribution in [0.4, 0.5) is 5.69 Å². The summed E-state index contributed by atoms with van der Waals surface area (Å²) in [5, 5.41) is 37.6. The summed E-state index contributed by atoms with van der Waals surface area (Å²) in [5.74, 6) is -0.906. The van der Waals surface area contributed by atoms with Crippen LogP contribution in [0.2, 0.25) is 0 Å². The van der Waals surface area contributed by atoms with Gasteiger partial charge in [-0.3, -0.25) is 0 Å². The van der Waals surface area contributed by atoms with Gasteiger partial charge in [-0.25, -0.2) is 18.4 Å². The minimum Gasteiger partial charge on any atom is -0.508 e. The number of carbonyl (C=O) groups excluding carboxylic acids is 1. The number of carbonyl (C=O) groups is 1. The van der Waals surface area contributed by atoms with Gasteiger partial charge in [-0.2, -0.15) is 8.42 Å². The van der Waals surface area contributed by atoms with E-state index >= 15 is 0 Å². The summed E-state index contributed by atoms with van der Waals surface area (Å²) in [6.45, 7) is 3.11. The molecule has 0 aromatic heterocycles. The molecule has 0 heterocycles. The van der Waals surface area contributed by atoms with E-state index in [2.05, 4.69) is 5.32 Å². The Morgan fingerprint density at radius 1 is 0.896 bits per heavy atom. The number of aryl methyl sites for hydroxylation is 1. The van der Waals surface area contributed by atoms with E-state index in [-0.39, 0.29) is 27.8 Å². The Labute approximate surface area is 282 Å². The lowest BCUT2D eigenvalue weighted by atomic mass is 10.1.